The molecule has 0 amide bonds. The third kappa shape index (κ3) is 3.83. The summed E-state index contributed by atoms with van der Waals surface area (Å²) in [5, 5.41) is 0. The van der Waals surface area contributed by atoms with Gasteiger partial charge in [0.05, 0.1) is 0 Å². The van der Waals surface area contributed by atoms with E-state index in [1.807, 2.05) is 0 Å². The van der Waals surface area contributed by atoms with Crippen molar-refractivity contribution in [3.05, 3.63) is 0 Å². The largest absolute Gasteiger partial charge is 0.303 e. The number of likely N-dealkylation sites (tertiary alicyclic amines) is 1. The molecule has 5 aliphatic rings. The van der Waals surface area contributed by atoms with Crippen molar-refractivity contribution in [2.75, 3.05) is 13.6 Å². The number of hydrogen-bond donors (Lipinski definition) is 0. The molecule has 1 heterocycles. The van der Waals surface area contributed by atoms with Gasteiger partial charge in [0.15, 0.2) is 0 Å². The lowest BCUT2D eigenvalue weighted by Gasteiger charge is -2.41. The van der Waals surface area contributed by atoms with Crippen LogP contribution in [-0.4, -0.2) is 24.5 Å². The maximum absolute atomic E-state index is 2.74. The highest BCUT2D eigenvalue weighted by atomic mass is 15.1. The van der Waals surface area contributed by atoms with E-state index < -0.39 is 0 Å². The van der Waals surface area contributed by atoms with Gasteiger partial charge in [-0.05, 0) is 99.5 Å². The molecule has 1 aliphatic heterocycles. The predicted molar refractivity (Wildman–Crippen MR) is 119 cm³/mol. The van der Waals surface area contributed by atoms with Gasteiger partial charge < -0.3 is 4.90 Å². The Bertz CT molecular complexity index is 506. The van der Waals surface area contributed by atoms with E-state index in [0.717, 1.165) is 53.4 Å². The zero-order valence-electron chi connectivity index (χ0n) is 19.0. The molecule has 1 saturated heterocycles. The minimum absolute atomic E-state index is 0.900. The molecule has 4 saturated carbocycles. The second-order valence-corrected chi connectivity index (χ2v) is 12.0. The van der Waals surface area contributed by atoms with Crippen LogP contribution in [0.2, 0.25) is 0 Å². The van der Waals surface area contributed by atoms with Gasteiger partial charge in [-0.25, -0.2) is 0 Å². The molecule has 0 N–H and O–H groups in total. The number of rotatable bonds is 4. The van der Waals surface area contributed by atoms with Crippen LogP contribution in [0.1, 0.15) is 103 Å². The van der Waals surface area contributed by atoms with Gasteiger partial charge in [-0.15, -0.1) is 0 Å². The van der Waals surface area contributed by atoms with Crippen LogP contribution in [0.15, 0.2) is 0 Å². The third-order valence-corrected chi connectivity index (χ3v) is 10.8. The summed E-state index contributed by atoms with van der Waals surface area (Å²) in [6.07, 6.45) is 23.2. The number of hydrogen-bond acceptors (Lipinski definition) is 1. The van der Waals surface area contributed by atoms with Crippen molar-refractivity contribution in [1.82, 2.24) is 4.90 Å². The van der Waals surface area contributed by atoms with E-state index in [0.29, 0.717) is 0 Å². The van der Waals surface area contributed by atoms with Gasteiger partial charge in [-0.1, -0.05) is 64.7 Å². The van der Waals surface area contributed by atoms with Crippen molar-refractivity contribution in [1.29, 1.82) is 0 Å². The topological polar surface area (TPSA) is 3.24 Å². The van der Waals surface area contributed by atoms with Crippen LogP contribution in [0.25, 0.3) is 0 Å². The molecule has 5 fully saturated rings. The molecule has 8 atom stereocenters. The van der Waals surface area contributed by atoms with Crippen LogP contribution < -0.4 is 0 Å². The van der Waals surface area contributed by atoms with E-state index in [-0.39, 0.29) is 0 Å². The van der Waals surface area contributed by atoms with Gasteiger partial charge in [-0.3, -0.25) is 0 Å². The lowest BCUT2D eigenvalue weighted by molar-refractivity contribution is 0.0855. The summed E-state index contributed by atoms with van der Waals surface area (Å²) in [5.41, 5.74) is 0. The van der Waals surface area contributed by atoms with Crippen LogP contribution >= 0.6 is 0 Å². The average molecular weight is 386 g/mol. The van der Waals surface area contributed by atoms with Gasteiger partial charge in [0.25, 0.3) is 0 Å². The van der Waals surface area contributed by atoms with Crippen molar-refractivity contribution in [3.8, 4) is 0 Å². The quantitative estimate of drug-likeness (QED) is 0.496. The van der Waals surface area contributed by atoms with Gasteiger partial charge >= 0.3 is 0 Å². The fourth-order valence-corrected chi connectivity index (χ4v) is 9.21. The fourth-order valence-electron chi connectivity index (χ4n) is 9.21. The molecule has 1 nitrogen and oxygen atoms in total. The first-order valence-electron chi connectivity index (χ1n) is 13.4. The molecular weight excluding hydrogens is 338 g/mol. The normalized spacial score (nSPS) is 47.8. The highest BCUT2D eigenvalue weighted by molar-refractivity contribution is 5.03. The minimum Gasteiger partial charge on any atom is -0.303 e. The lowest BCUT2D eigenvalue weighted by atomic mass is 9.65. The van der Waals surface area contributed by atoms with Crippen molar-refractivity contribution in [2.24, 2.45) is 47.3 Å². The number of fused-ring (bicyclic) bond motifs is 2. The number of piperidine rings is 1. The molecule has 0 aromatic carbocycles. The van der Waals surface area contributed by atoms with Crippen molar-refractivity contribution >= 4 is 0 Å². The molecule has 4 aliphatic carbocycles. The average Bonchev–Trinajstić information content (AvgIpc) is 3.27. The summed E-state index contributed by atoms with van der Waals surface area (Å²) >= 11 is 0. The van der Waals surface area contributed by atoms with E-state index in [9.17, 15) is 0 Å². The second-order valence-electron chi connectivity index (χ2n) is 12.0. The van der Waals surface area contributed by atoms with Gasteiger partial charge in [-0.2, -0.15) is 0 Å². The van der Waals surface area contributed by atoms with E-state index >= 15 is 0 Å². The molecule has 0 aromatic rings. The van der Waals surface area contributed by atoms with E-state index in [4.69, 9.17) is 0 Å². The Balaban J connectivity index is 1.33. The Morgan fingerprint density at radius 2 is 1.32 bits per heavy atom. The fraction of sp³-hybridized carbons (Fsp3) is 1.00. The molecule has 0 spiro atoms. The highest BCUT2D eigenvalue weighted by Crippen LogP contribution is 2.61. The summed E-state index contributed by atoms with van der Waals surface area (Å²) in [7, 11) is 2.42. The SMILES string of the molecule is CC1C(CC2CCCCC2)C2CC3CCCC3CC2C1CC1CCCCN1C. The van der Waals surface area contributed by atoms with Crippen molar-refractivity contribution in [2.45, 2.75) is 109 Å². The third-order valence-electron chi connectivity index (χ3n) is 10.8. The van der Waals surface area contributed by atoms with Crippen LogP contribution in [-0.2, 0) is 0 Å². The predicted octanol–water partition coefficient (Wildman–Crippen LogP) is 7.16. The van der Waals surface area contributed by atoms with Crippen LogP contribution in [0.5, 0.6) is 0 Å². The molecule has 160 valence electrons. The summed E-state index contributed by atoms with van der Waals surface area (Å²) in [4.78, 5) is 2.74. The molecule has 0 radical (unpaired) electrons. The van der Waals surface area contributed by atoms with Crippen molar-refractivity contribution in [3.63, 3.8) is 0 Å². The lowest BCUT2D eigenvalue weighted by Crippen LogP contribution is -2.39. The number of nitrogens with zero attached hydrogens (tertiary/aromatic N) is 1. The summed E-state index contributed by atoms with van der Waals surface area (Å²) < 4.78 is 0. The van der Waals surface area contributed by atoms with Crippen LogP contribution in [0.3, 0.4) is 0 Å². The van der Waals surface area contributed by atoms with E-state index in [2.05, 4.69) is 18.9 Å². The maximum Gasteiger partial charge on any atom is 0.00950 e. The Kier molecular flexibility index (Phi) is 6.11. The highest BCUT2D eigenvalue weighted by Gasteiger charge is 2.53. The van der Waals surface area contributed by atoms with Crippen LogP contribution in [0, 0.1) is 47.3 Å². The standard InChI is InChI=1S/C27H47N/c1-19-24(15-20-9-4-3-5-10-20)26-16-21-11-8-12-22(21)17-27(26)25(19)18-23-13-6-7-14-28(23)2/h19-27H,3-18H2,1-2H3. The van der Waals surface area contributed by atoms with Gasteiger partial charge in [0.2, 0.25) is 0 Å². The first kappa shape index (κ1) is 19.9. The summed E-state index contributed by atoms with van der Waals surface area (Å²) in [6, 6.07) is 0.900. The monoisotopic (exact) mass is 385 g/mol. The molecule has 0 aromatic heterocycles. The minimum atomic E-state index is 0.900. The molecule has 8 unspecified atom stereocenters. The van der Waals surface area contributed by atoms with Crippen LogP contribution in [0.4, 0.5) is 0 Å². The Morgan fingerprint density at radius 3 is 2.00 bits per heavy atom. The summed E-state index contributed by atoms with van der Waals surface area (Å²) in [6.45, 7) is 4.07. The molecule has 0 bridgehead atoms. The van der Waals surface area contributed by atoms with E-state index in [1.165, 1.54) is 51.5 Å². The summed E-state index contributed by atoms with van der Waals surface area (Å²) in [5.74, 6) is 8.66. The van der Waals surface area contributed by atoms with E-state index in [1.54, 1.807) is 51.4 Å². The Morgan fingerprint density at radius 1 is 0.679 bits per heavy atom. The van der Waals surface area contributed by atoms with Gasteiger partial charge in [0, 0.05) is 6.04 Å². The zero-order valence-corrected chi connectivity index (χ0v) is 19.0. The first-order chi connectivity index (χ1) is 13.7. The second kappa shape index (κ2) is 8.60. The maximum atomic E-state index is 2.74. The zero-order chi connectivity index (χ0) is 19.1. The Labute approximate surface area is 175 Å². The molecular formula is C27H47N. The smallest absolute Gasteiger partial charge is 0.00950 e. The van der Waals surface area contributed by atoms with Gasteiger partial charge in [0.1, 0.15) is 0 Å². The molecule has 5 rings (SSSR count). The Hall–Kier alpha value is -0.0400. The molecule has 28 heavy (non-hydrogen) atoms. The molecule has 1 heteroatoms. The first-order valence-corrected chi connectivity index (χ1v) is 13.4. The van der Waals surface area contributed by atoms with Crippen molar-refractivity contribution < 1.29 is 0 Å².